The highest BCUT2D eigenvalue weighted by Gasteiger charge is 2.07. The summed E-state index contributed by atoms with van der Waals surface area (Å²) in [5.41, 5.74) is 3.73. The Labute approximate surface area is 105 Å². The van der Waals surface area contributed by atoms with Gasteiger partial charge in [-0.3, -0.25) is 0 Å². The van der Waals surface area contributed by atoms with Crippen LogP contribution in [0, 0.1) is 0 Å². The average molecular weight is 249 g/mol. The van der Waals surface area contributed by atoms with Crippen LogP contribution < -0.4 is 4.90 Å². The zero-order chi connectivity index (χ0) is 12.3. The van der Waals surface area contributed by atoms with Crippen LogP contribution in [0.4, 0.5) is 5.82 Å². The average Bonchev–Trinajstić information content (AvgIpc) is 2.82. The largest absolute Gasteiger partial charge is 0.389 e. The van der Waals surface area contributed by atoms with E-state index in [1.165, 1.54) is 0 Å². The number of nitrogens with zero attached hydrogens (tertiary/aromatic N) is 3. The molecule has 0 saturated heterocycles. The van der Waals surface area contributed by atoms with Gasteiger partial charge in [-0.25, -0.2) is 9.97 Å². The van der Waals surface area contributed by atoms with Crippen LogP contribution in [0.2, 0.25) is 0 Å². The standard InChI is InChI=1S/C12H15N3OS/c1-9(16)10-3-4-13-12(5-10)15(2)6-11-7-17-8-14-11/h3-5,7-9,16H,6H2,1-2H3/t9-/m1/s1. The van der Waals surface area contributed by atoms with E-state index < -0.39 is 6.10 Å². The molecule has 0 aliphatic rings. The van der Waals surface area contributed by atoms with Crippen molar-refractivity contribution in [3.05, 3.63) is 40.5 Å². The van der Waals surface area contributed by atoms with Gasteiger partial charge in [0.05, 0.1) is 23.9 Å². The second-order valence-electron chi connectivity index (χ2n) is 3.96. The van der Waals surface area contributed by atoms with Gasteiger partial charge in [-0.2, -0.15) is 0 Å². The van der Waals surface area contributed by atoms with Gasteiger partial charge >= 0.3 is 0 Å². The zero-order valence-electron chi connectivity index (χ0n) is 9.87. The number of aliphatic hydroxyl groups excluding tert-OH is 1. The lowest BCUT2D eigenvalue weighted by Gasteiger charge is -2.18. The second-order valence-corrected chi connectivity index (χ2v) is 4.68. The number of aromatic nitrogens is 2. The molecule has 90 valence electrons. The summed E-state index contributed by atoms with van der Waals surface area (Å²) in [5, 5.41) is 11.6. The lowest BCUT2D eigenvalue weighted by atomic mass is 10.2. The lowest BCUT2D eigenvalue weighted by molar-refractivity contribution is 0.199. The molecule has 0 aliphatic heterocycles. The Kier molecular flexibility index (Phi) is 3.71. The van der Waals surface area contributed by atoms with Gasteiger partial charge < -0.3 is 10.0 Å². The van der Waals surface area contributed by atoms with Crippen molar-refractivity contribution in [3.63, 3.8) is 0 Å². The quantitative estimate of drug-likeness (QED) is 0.902. The molecule has 0 saturated carbocycles. The van der Waals surface area contributed by atoms with Crippen molar-refractivity contribution < 1.29 is 5.11 Å². The highest BCUT2D eigenvalue weighted by molar-refractivity contribution is 7.07. The molecule has 0 radical (unpaired) electrons. The first-order chi connectivity index (χ1) is 8.16. The van der Waals surface area contributed by atoms with Crippen molar-refractivity contribution in [2.24, 2.45) is 0 Å². The van der Waals surface area contributed by atoms with Crippen LogP contribution in [0.15, 0.2) is 29.2 Å². The Morgan fingerprint density at radius 1 is 1.47 bits per heavy atom. The molecule has 0 amide bonds. The van der Waals surface area contributed by atoms with E-state index in [0.717, 1.165) is 23.6 Å². The van der Waals surface area contributed by atoms with Crippen molar-refractivity contribution in [1.82, 2.24) is 9.97 Å². The second kappa shape index (κ2) is 5.25. The molecule has 2 aromatic rings. The molecule has 5 heteroatoms. The van der Waals surface area contributed by atoms with Crippen LogP contribution in [-0.2, 0) is 6.54 Å². The van der Waals surface area contributed by atoms with Crippen LogP contribution in [0.25, 0.3) is 0 Å². The Bertz CT molecular complexity index is 470. The van der Waals surface area contributed by atoms with E-state index in [2.05, 4.69) is 9.97 Å². The SMILES string of the molecule is C[C@@H](O)c1ccnc(N(C)Cc2cscn2)c1. The molecule has 2 aromatic heterocycles. The Morgan fingerprint density at radius 2 is 2.29 bits per heavy atom. The molecule has 4 nitrogen and oxygen atoms in total. The molecule has 2 heterocycles. The van der Waals surface area contributed by atoms with E-state index in [-0.39, 0.29) is 0 Å². The first-order valence-electron chi connectivity index (χ1n) is 5.39. The van der Waals surface area contributed by atoms with Crippen LogP contribution in [0.5, 0.6) is 0 Å². The van der Waals surface area contributed by atoms with Crippen molar-refractivity contribution in [2.45, 2.75) is 19.6 Å². The third-order valence-electron chi connectivity index (χ3n) is 2.53. The topological polar surface area (TPSA) is 49.3 Å². The first-order valence-corrected chi connectivity index (χ1v) is 6.33. The van der Waals surface area contributed by atoms with Gasteiger partial charge in [-0.15, -0.1) is 11.3 Å². The Balaban J connectivity index is 2.13. The monoisotopic (exact) mass is 249 g/mol. The highest BCUT2D eigenvalue weighted by Crippen LogP contribution is 2.18. The summed E-state index contributed by atoms with van der Waals surface area (Å²) in [7, 11) is 1.97. The molecule has 0 aromatic carbocycles. The van der Waals surface area contributed by atoms with Gasteiger partial charge in [-0.05, 0) is 24.6 Å². The van der Waals surface area contributed by atoms with Crippen LogP contribution in [0.1, 0.15) is 24.3 Å². The minimum atomic E-state index is -0.468. The van der Waals surface area contributed by atoms with Gasteiger partial charge in [-0.1, -0.05) is 0 Å². The molecule has 0 bridgehead atoms. The number of pyridine rings is 1. The van der Waals surface area contributed by atoms with E-state index in [0.29, 0.717) is 0 Å². The molecule has 17 heavy (non-hydrogen) atoms. The van der Waals surface area contributed by atoms with Gasteiger partial charge in [0.15, 0.2) is 0 Å². The molecule has 0 fully saturated rings. The van der Waals surface area contributed by atoms with Gasteiger partial charge in [0.1, 0.15) is 5.82 Å². The van der Waals surface area contributed by atoms with E-state index in [1.54, 1.807) is 24.5 Å². The maximum atomic E-state index is 9.53. The summed E-state index contributed by atoms with van der Waals surface area (Å²) in [5.74, 6) is 0.844. The molecule has 0 aliphatic carbocycles. The minimum Gasteiger partial charge on any atom is -0.389 e. The normalized spacial score (nSPS) is 12.4. The molecule has 1 atom stereocenters. The summed E-state index contributed by atoms with van der Waals surface area (Å²) < 4.78 is 0. The van der Waals surface area contributed by atoms with Crippen LogP contribution in [0.3, 0.4) is 0 Å². The summed E-state index contributed by atoms with van der Waals surface area (Å²) >= 11 is 1.59. The molecular formula is C12H15N3OS. The summed E-state index contributed by atoms with van der Waals surface area (Å²) in [6.07, 6.45) is 1.25. The third-order valence-corrected chi connectivity index (χ3v) is 3.16. The zero-order valence-corrected chi connectivity index (χ0v) is 10.7. The van der Waals surface area contributed by atoms with Crippen molar-refractivity contribution >= 4 is 17.2 Å². The maximum absolute atomic E-state index is 9.53. The summed E-state index contributed by atoms with van der Waals surface area (Å²) in [6, 6.07) is 3.72. The number of rotatable bonds is 4. The van der Waals surface area contributed by atoms with Crippen LogP contribution >= 0.6 is 11.3 Å². The molecule has 1 N–H and O–H groups in total. The number of aliphatic hydroxyl groups is 1. The Morgan fingerprint density at radius 3 is 2.94 bits per heavy atom. The summed E-state index contributed by atoms with van der Waals surface area (Å²) in [4.78, 5) is 10.5. The predicted octanol–water partition coefficient (Wildman–Crippen LogP) is 2.23. The van der Waals surface area contributed by atoms with Crippen molar-refractivity contribution in [3.8, 4) is 0 Å². The lowest BCUT2D eigenvalue weighted by Crippen LogP contribution is -2.18. The predicted molar refractivity (Wildman–Crippen MR) is 69.1 cm³/mol. The number of hydrogen-bond donors (Lipinski definition) is 1. The molecule has 2 rings (SSSR count). The summed E-state index contributed by atoms with van der Waals surface area (Å²) in [6.45, 7) is 2.47. The fraction of sp³-hybridized carbons (Fsp3) is 0.333. The maximum Gasteiger partial charge on any atom is 0.128 e. The van der Waals surface area contributed by atoms with Crippen molar-refractivity contribution in [1.29, 1.82) is 0 Å². The minimum absolute atomic E-state index is 0.468. The van der Waals surface area contributed by atoms with E-state index >= 15 is 0 Å². The number of thiazole rings is 1. The van der Waals surface area contributed by atoms with Gasteiger partial charge in [0.25, 0.3) is 0 Å². The third kappa shape index (κ3) is 3.01. The van der Waals surface area contributed by atoms with Gasteiger partial charge in [0.2, 0.25) is 0 Å². The van der Waals surface area contributed by atoms with E-state index in [9.17, 15) is 5.11 Å². The Hall–Kier alpha value is -1.46. The molecular weight excluding hydrogens is 234 g/mol. The van der Waals surface area contributed by atoms with Gasteiger partial charge in [0, 0.05) is 18.6 Å². The number of anilines is 1. The van der Waals surface area contributed by atoms with E-state index in [4.69, 9.17) is 0 Å². The molecule has 0 spiro atoms. The first kappa shape index (κ1) is 12.0. The highest BCUT2D eigenvalue weighted by atomic mass is 32.1. The van der Waals surface area contributed by atoms with E-state index in [1.807, 2.05) is 35.0 Å². The smallest absolute Gasteiger partial charge is 0.128 e. The fourth-order valence-electron chi connectivity index (χ4n) is 1.54. The number of hydrogen-bond acceptors (Lipinski definition) is 5. The van der Waals surface area contributed by atoms with Crippen LogP contribution in [-0.4, -0.2) is 22.1 Å². The van der Waals surface area contributed by atoms with Crippen molar-refractivity contribution in [2.75, 3.05) is 11.9 Å². The fourth-order valence-corrected chi connectivity index (χ4v) is 2.09. The molecule has 0 unspecified atom stereocenters.